The molecule has 2 unspecified atom stereocenters. The predicted molar refractivity (Wildman–Crippen MR) is 104 cm³/mol. The van der Waals surface area contributed by atoms with Gasteiger partial charge in [-0.3, -0.25) is 0 Å². The molecule has 1 N–H and O–H groups in total. The third kappa shape index (κ3) is 3.83. The van der Waals surface area contributed by atoms with Crippen molar-refractivity contribution in [2.45, 2.75) is 56.4 Å². The Morgan fingerprint density at radius 1 is 1.21 bits per heavy atom. The highest BCUT2D eigenvalue weighted by Gasteiger charge is 2.49. The van der Waals surface area contributed by atoms with Crippen molar-refractivity contribution in [3.05, 3.63) is 71.0 Å². The Morgan fingerprint density at radius 2 is 1.90 bits per heavy atom. The number of ether oxygens (including phenoxy) is 1. The summed E-state index contributed by atoms with van der Waals surface area (Å²) in [6.45, 7) is 0.199. The third-order valence-electron chi connectivity index (χ3n) is 6.02. The van der Waals surface area contributed by atoms with Gasteiger partial charge in [-0.15, -0.1) is 0 Å². The molecule has 2 aromatic carbocycles. The number of piperidine rings is 2. The molecule has 1 amide bonds. The molecule has 0 saturated carbocycles. The van der Waals surface area contributed by atoms with Crippen LogP contribution in [0.1, 0.15) is 48.8 Å². The highest BCUT2D eigenvalue weighted by atomic mass is 19.1. The van der Waals surface area contributed by atoms with Crippen molar-refractivity contribution in [3.8, 4) is 6.07 Å². The number of rotatable bonds is 3. The summed E-state index contributed by atoms with van der Waals surface area (Å²) < 4.78 is 20.1. The van der Waals surface area contributed by atoms with Gasteiger partial charge in [-0.2, -0.15) is 5.26 Å². The van der Waals surface area contributed by atoms with Crippen LogP contribution < -0.4 is 0 Å². The second-order valence-electron chi connectivity index (χ2n) is 7.93. The summed E-state index contributed by atoms with van der Waals surface area (Å²) >= 11 is 0. The molecule has 0 spiro atoms. The van der Waals surface area contributed by atoms with Crippen LogP contribution in [-0.2, 0) is 16.9 Å². The summed E-state index contributed by atoms with van der Waals surface area (Å²) in [5.41, 5.74) is -0.0221. The lowest BCUT2D eigenvalue weighted by molar-refractivity contribution is -0.0911. The van der Waals surface area contributed by atoms with Crippen LogP contribution in [0.3, 0.4) is 0 Å². The fourth-order valence-electron chi connectivity index (χ4n) is 4.70. The Kier molecular flexibility index (Phi) is 5.25. The van der Waals surface area contributed by atoms with Gasteiger partial charge in [0.1, 0.15) is 12.4 Å². The number of hydrogen-bond donors (Lipinski definition) is 1. The van der Waals surface area contributed by atoms with E-state index in [1.54, 1.807) is 4.90 Å². The number of fused-ring (bicyclic) bond motifs is 2. The van der Waals surface area contributed by atoms with Gasteiger partial charge in [0, 0.05) is 30.5 Å². The van der Waals surface area contributed by atoms with E-state index in [2.05, 4.69) is 0 Å². The minimum Gasteiger partial charge on any atom is -0.445 e. The van der Waals surface area contributed by atoms with Gasteiger partial charge in [0.15, 0.2) is 0 Å². The van der Waals surface area contributed by atoms with Gasteiger partial charge in [0.2, 0.25) is 0 Å². The predicted octanol–water partition coefficient (Wildman–Crippen LogP) is 4.24. The first kappa shape index (κ1) is 19.4. The molecule has 0 aromatic heterocycles. The van der Waals surface area contributed by atoms with Crippen molar-refractivity contribution >= 4 is 6.09 Å². The zero-order chi connectivity index (χ0) is 20.4. The maximum Gasteiger partial charge on any atom is 0.410 e. The molecule has 2 aromatic rings. The highest BCUT2D eigenvalue weighted by Crippen LogP contribution is 2.45. The Bertz CT molecular complexity index is 927. The maximum atomic E-state index is 14.6. The van der Waals surface area contributed by atoms with E-state index in [0.29, 0.717) is 0 Å². The molecule has 2 atom stereocenters. The summed E-state index contributed by atoms with van der Waals surface area (Å²) in [5.74, 6) is -0.579. The van der Waals surface area contributed by atoms with Crippen LogP contribution in [0.25, 0.3) is 0 Å². The molecule has 2 heterocycles. The van der Waals surface area contributed by atoms with Crippen LogP contribution in [0.4, 0.5) is 9.18 Å². The van der Waals surface area contributed by atoms with Gasteiger partial charge in [-0.1, -0.05) is 36.4 Å². The van der Waals surface area contributed by atoms with Gasteiger partial charge in [-0.25, -0.2) is 9.18 Å². The van der Waals surface area contributed by atoms with Crippen LogP contribution in [0.5, 0.6) is 0 Å². The van der Waals surface area contributed by atoms with E-state index in [4.69, 9.17) is 10.00 Å². The van der Waals surface area contributed by atoms with Crippen molar-refractivity contribution in [3.63, 3.8) is 0 Å². The number of amides is 1. The van der Waals surface area contributed by atoms with Crippen molar-refractivity contribution in [1.82, 2.24) is 4.90 Å². The monoisotopic (exact) mass is 394 g/mol. The third-order valence-corrected chi connectivity index (χ3v) is 6.02. The van der Waals surface area contributed by atoms with Crippen LogP contribution in [0.15, 0.2) is 48.5 Å². The van der Waals surface area contributed by atoms with Crippen LogP contribution in [0, 0.1) is 17.1 Å². The number of carbonyl (C=O) groups excluding carboxylic acids is 1. The van der Waals surface area contributed by atoms with Gasteiger partial charge >= 0.3 is 6.09 Å². The van der Waals surface area contributed by atoms with E-state index in [1.165, 1.54) is 12.1 Å². The molecule has 2 saturated heterocycles. The molecule has 150 valence electrons. The minimum absolute atomic E-state index is 0.199. The van der Waals surface area contributed by atoms with Crippen molar-refractivity contribution in [2.24, 2.45) is 0 Å². The largest absolute Gasteiger partial charge is 0.445 e. The topological polar surface area (TPSA) is 73.6 Å². The first-order chi connectivity index (χ1) is 14.0. The lowest BCUT2D eigenvalue weighted by Gasteiger charge is -2.51. The normalized spacial score (nSPS) is 25.9. The number of nitrogens with zero attached hydrogens (tertiary/aromatic N) is 2. The Labute approximate surface area is 169 Å². The second kappa shape index (κ2) is 7.84. The Balaban J connectivity index is 1.51. The summed E-state index contributed by atoms with van der Waals surface area (Å²) in [4.78, 5) is 14.5. The second-order valence-corrected chi connectivity index (χ2v) is 7.93. The zero-order valence-corrected chi connectivity index (χ0v) is 16.1. The molecule has 2 bridgehead atoms. The quantitative estimate of drug-likeness (QED) is 0.845. The fourth-order valence-corrected chi connectivity index (χ4v) is 4.70. The molecule has 4 rings (SSSR count). The van der Waals surface area contributed by atoms with Gasteiger partial charge in [0.25, 0.3) is 0 Å². The highest BCUT2D eigenvalue weighted by molar-refractivity contribution is 5.69. The van der Waals surface area contributed by atoms with E-state index in [0.717, 1.165) is 30.9 Å². The maximum absolute atomic E-state index is 14.6. The van der Waals surface area contributed by atoms with Crippen LogP contribution in [0.2, 0.25) is 0 Å². The molecule has 2 fully saturated rings. The van der Waals surface area contributed by atoms with E-state index in [1.807, 2.05) is 36.4 Å². The fraction of sp³-hybridized carbons (Fsp3) is 0.391. The average molecular weight is 394 g/mol. The number of nitriles is 1. The van der Waals surface area contributed by atoms with Crippen molar-refractivity contribution in [2.75, 3.05) is 0 Å². The number of benzene rings is 2. The lowest BCUT2D eigenvalue weighted by Crippen LogP contribution is -2.59. The molecule has 29 heavy (non-hydrogen) atoms. The van der Waals surface area contributed by atoms with Gasteiger partial charge < -0.3 is 14.7 Å². The summed E-state index contributed by atoms with van der Waals surface area (Å²) in [6, 6.07) is 15.2. The molecule has 6 heteroatoms. The zero-order valence-electron chi connectivity index (χ0n) is 16.1. The van der Waals surface area contributed by atoms with Gasteiger partial charge in [-0.05, 0) is 37.0 Å². The molecule has 5 nitrogen and oxygen atoms in total. The van der Waals surface area contributed by atoms with E-state index < -0.39 is 11.4 Å². The summed E-state index contributed by atoms with van der Waals surface area (Å²) in [5, 5.41) is 20.2. The number of hydrogen-bond acceptors (Lipinski definition) is 4. The average Bonchev–Trinajstić information content (AvgIpc) is 2.72. The van der Waals surface area contributed by atoms with Crippen molar-refractivity contribution < 1.29 is 19.0 Å². The lowest BCUT2D eigenvalue weighted by atomic mass is 9.72. The number of halogens is 1. The van der Waals surface area contributed by atoms with Gasteiger partial charge in [0.05, 0.1) is 17.2 Å². The summed E-state index contributed by atoms with van der Waals surface area (Å²) in [7, 11) is 0. The first-order valence-corrected chi connectivity index (χ1v) is 9.92. The molecule has 2 aliphatic heterocycles. The molecular formula is C23H23FN2O3. The first-order valence-electron chi connectivity index (χ1n) is 9.92. The van der Waals surface area contributed by atoms with E-state index in [9.17, 15) is 14.3 Å². The van der Waals surface area contributed by atoms with Crippen LogP contribution >= 0.6 is 0 Å². The molecule has 2 aliphatic rings. The molecule has 0 aliphatic carbocycles. The van der Waals surface area contributed by atoms with E-state index in [-0.39, 0.29) is 48.8 Å². The minimum atomic E-state index is -1.36. The Morgan fingerprint density at radius 3 is 2.52 bits per heavy atom. The Hall–Kier alpha value is -2.91. The standard InChI is InChI=1S/C23H23FN2O3/c24-21-11-17(14-25)9-10-20(21)23(28)12-18-7-4-8-19(13-23)26(18)22(27)29-15-16-5-2-1-3-6-16/h1-3,5-6,9-11,18-19,28H,4,7-8,12-13,15H2. The SMILES string of the molecule is N#Cc1ccc(C2(O)CC3CCCC(C2)N3C(=O)OCc2ccccc2)c(F)c1. The van der Waals surface area contributed by atoms with E-state index >= 15 is 0 Å². The number of aliphatic hydroxyl groups is 1. The smallest absolute Gasteiger partial charge is 0.410 e. The van der Waals surface area contributed by atoms with Crippen LogP contribution in [-0.4, -0.2) is 28.2 Å². The molecule has 0 radical (unpaired) electrons. The van der Waals surface area contributed by atoms with Crippen molar-refractivity contribution in [1.29, 1.82) is 5.26 Å². The number of carbonyl (C=O) groups is 1. The molecular weight excluding hydrogens is 371 g/mol. The summed E-state index contributed by atoms with van der Waals surface area (Å²) in [6.07, 6.45) is 2.59.